The largest absolute Gasteiger partial charge is 0.378 e. The number of anilines is 1. The quantitative estimate of drug-likeness (QED) is 0.678. The molecule has 1 aromatic heterocycles. The SMILES string of the molecule is Cc1nn(C(C)c2cccc([N+](=O)[O-])c2)c(N)c1[N+](=O)[O-]. The van der Waals surface area contributed by atoms with E-state index in [2.05, 4.69) is 5.10 Å². The second-order valence-electron chi connectivity index (χ2n) is 4.55. The van der Waals surface area contributed by atoms with Crippen LogP contribution in [0.1, 0.15) is 24.2 Å². The van der Waals surface area contributed by atoms with Crippen LogP contribution in [0.2, 0.25) is 0 Å². The summed E-state index contributed by atoms with van der Waals surface area (Å²) in [6.45, 7) is 3.21. The summed E-state index contributed by atoms with van der Waals surface area (Å²) in [4.78, 5) is 20.6. The maximum absolute atomic E-state index is 10.9. The van der Waals surface area contributed by atoms with Crippen LogP contribution in [-0.4, -0.2) is 19.6 Å². The molecule has 0 aliphatic carbocycles. The van der Waals surface area contributed by atoms with Crippen LogP contribution in [0.5, 0.6) is 0 Å². The molecule has 0 saturated carbocycles. The zero-order chi connectivity index (χ0) is 15.7. The molecule has 1 aromatic carbocycles. The monoisotopic (exact) mass is 291 g/mol. The van der Waals surface area contributed by atoms with Crippen molar-refractivity contribution in [3.63, 3.8) is 0 Å². The molecule has 0 aliphatic rings. The van der Waals surface area contributed by atoms with Crippen molar-refractivity contribution in [3.8, 4) is 0 Å². The van der Waals surface area contributed by atoms with Gasteiger partial charge in [0.25, 0.3) is 5.69 Å². The summed E-state index contributed by atoms with van der Waals surface area (Å²) in [5.41, 5.74) is 6.26. The van der Waals surface area contributed by atoms with Crippen LogP contribution in [0.3, 0.4) is 0 Å². The van der Waals surface area contributed by atoms with Gasteiger partial charge in [0.2, 0.25) is 5.82 Å². The number of aromatic nitrogens is 2. The van der Waals surface area contributed by atoms with E-state index in [1.807, 2.05) is 0 Å². The predicted octanol–water partition coefficient (Wildman–Crippen LogP) is 2.20. The lowest BCUT2D eigenvalue weighted by molar-refractivity contribution is -0.384. The second-order valence-corrected chi connectivity index (χ2v) is 4.55. The number of nitrogens with zero attached hydrogens (tertiary/aromatic N) is 4. The number of hydrogen-bond donors (Lipinski definition) is 1. The van der Waals surface area contributed by atoms with Crippen LogP contribution >= 0.6 is 0 Å². The minimum Gasteiger partial charge on any atom is -0.378 e. The highest BCUT2D eigenvalue weighted by Gasteiger charge is 2.26. The number of nitrogen functional groups attached to an aromatic ring is 1. The molecule has 0 saturated heterocycles. The van der Waals surface area contributed by atoms with E-state index < -0.39 is 15.9 Å². The summed E-state index contributed by atoms with van der Waals surface area (Å²) in [5, 5.41) is 25.8. The fraction of sp³-hybridized carbons (Fsp3) is 0.250. The molecule has 110 valence electrons. The fourth-order valence-electron chi connectivity index (χ4n) is 2.12. The molecular weight excluding hydrogens is 278 g/mol. The van der Waals surface area contributed by atoms with E-state index in [9.17, 15) is 20.2 Å². The summed E-state index contributed by atoms with van der Waals surface area (Å²) in [6.07, 6.45) is 0. The number of nitro benzene ring substituents is 1. The summed E-state index contributed by atoms with van der Waals surface area (Å²) in [6, 6.07) is 5.53. The molecule has 0 radical (unpaired) electrons. The van der Waals surface area contributed by atoms with E-state index in [0.717, 1.165) is 0 Å². The second kappa shape index (κ2) is 5.19. The number of rotatable bonds is 4. The topological polar surface area (TPSA) is 130 Å². The third-order valence-corrected chi connectivity index (χ3v) is 3.20. The van der Waals surface area contributed by atoms with E-state index >= 15 is 0 Å². The van der Waals surface area contributed by atoms with Crippen LogP contribution in [0.4, 0.5) is 17.2 Å². The lowest BCUT2D eigenvalue weighted by atomic mass is 10.1. The summed E-state index contributed by atoms with van der Waals surface area (Å²) in [7, 11) is 0. The molecule has 2 rings (SSSR count). The Kier molecular flexibility index (Phi) is 3.57. The number of non-ortho nitro benzene ring substituents is 1. The van der Waals surface area contributed by atoms with Gasteiger partial charge in [-0.15, -0.1) is 0 Å². The van der Waals surface area contributed by atoms with Gasteiger partial charge in [0.05, 0.1) is 15.9 Å². The smallest absolute Gasteiger partial charge is 0.333 e. The highest BCUT2D eigenvalue weighted by Crippen LogP contribution is 2.31. The zero-order valence-corrected chi connectivity index (χ0v) is 11.4. The average Bonchev–Trinajstić information content (AvgIpc) is 2.73. The van der Waals surface area contributed by atoms with E-state index in [0.29, 0.717) is 5.56 Å². The zero-order valence-electron chi connectivity index (χ0n) is 11.4. The Balaban J connectivity index is 2.48. The number of hydrogen-bond acceptors (Lipinski definition) is 6. The lowest BCUT2D eigenvalue weighted by Gasteiger charge is -2.13. The molecule has 0 aliphatic heterocycles. The highest BCUT2D eigenvalue weighted by atomic mass is 16.6. The Morgan fingerprint density at radius 3 is 2.48 bits per heavy atom. The van der Waals surface area contributed by atoms with Gasteiger partial charge in [0, 0.05) is 12.1 Å². The Morgan fingerprint density at radius 1 is 1.29 bits per heavy atom. The van der Waals surface area contributed by atoms with E-state index in [4.69, 9.17) is 5.73 Å². The number of benzene rings is 1. The molecule has 1 unspecified atom stereocenters. The van der Waals surface area contributed by atoms with Crippen molar-refractivity contribution in [1.82, 2.24) is 9.78 Å². The van der Waals surface area contributed by atoms with Gasteiger partial charge < -0.3 is 5.73 Å². The standard InChI is InChI=1S/C12H13N5O4/c1-7-11(17(20)21)12(13)15(14-7)8(2)9-4-3-5-10(6-9)16(18)19/h3-6,8H,13H2,1-2H3. The van der Waals surface area contributed by atoms with Crippen molar-refractivity contribution in [2.24, 2.45) is 0 Å². The lowest BCUT2D eigenvalue weighted by Crippen LogP contribution is -2.12. The van der Waals surface area contributed by atoms with Crippen molar-refractivity contribution in [2.75, 3.05) is 5.73 Å². The van der Waals surface area contributed by atoms with Crippen molar-refractivity contribution >= 4 is 17.2 Å². The van der Waals surface area contributed by atoms with Gasteiger partial charge in [-0.05, 0) is 19.4 Å². The van der Waals surface area contributed by atoms with Gasteiger partial charge >= 0.3 is 5.69 Å². The van der Waals surface area contributed by atoms with Crippen molar-refractivity contribution in [2.45, 2.75) is 19.9 Å². The first kappa shape index (κ1) is 14.4. The van der Waals surface area contributed by atoms with E-state index in [1.165, 1.54) is 23.7 Å². The Labute approximate surface area is 119 Å². The van der Waals surface area contributed by atoms with Gasteiger partial charge in [-0.3, -0.25) is 20.2 Å². The highest BCUT2D eigenvalue weighted by molar-refractivity contribution is 5.56. The Hall–Kier alpha value is -2.97. The van der Waals surface area contributed by atoms with Crippen molar-refractivity contribution in [1.29, 1.82) is 0 Å². The van der Waals surface area contributed by atoms with E-state index in [-0.39, 0.29) is 22.9 Å². The van der Waals surface area contributed by atoms with Crippen LogP contribution in [-0.2, 0) is 0 Å². The number of nitrogens with two attached hydrogens (primary N) is 1. The molecule has 0 spiro atoms. The first-order valence-corrected chi connectivity index (χ1v) is 6.06. The van der Waals surface area contributed by atoms with Gasteiger partial charge in [-0.1, -0.05) is 12.1 Å². The molecular formula is C12H13N5O4. The Bertz CT molecular complexity index is 724. The minimum absolute atomic E-state index is 0.0590. The van der Waals surface area contributed by atoms with Crippen LogP contribution in [0, 0.1) is 27.2 Å². The van der Waals surface area contributed by atoms with Crippen LogP contribution < -0.4 is 5.73 Å². The molecule has 9 heteroatoms. The number of nitro groups is 2. The third kappa shape index (κ3) is 2.53. The average molecular weight is 291 g/mol. The molecule has 0 bridgehead atoms. The van der Waals surface area contributed by atoms with Gasteiger partial charge in [0.15, 0.2) is 0 Å². The van der Waals surface area contributed by atoms with Gasteiger partial charge in [-0.25, -0.2) is 4.68 Å². The summed E-state index contributed by atoms with van der Waals surface area (Å²) >= 11 is 0. The van der Waals surface area contributed by atoms with Crippen molar-refractivity contribution < 1.29 is 9.85 Å². The summed E-state index contributed by atoms with van der Waals surface area (Å²) in [5.74, 6) is -0.0727. The first-order chi connectivity index (χ1) is 9.82. The van der Waals surface area contributed by atoms with E-state index in [1.54, 1.807) is 19.1 Å². The fourth-order valence-corrected chi connectivity index (χ4v) is 2.12. The molecule has 1 atom stereocenters. The molecule has 2 aromatic rings. The van der Waals surface area contributed by atoms with Crippen LogP contribution in [0.15, 0.2) is 24.3 Å². The molecule has 1 heterocycles. The van der Waals surface area contributed by atoms with Crippen LogP contribution in [0.25, 0.3) is 0 Å². The third-order valence-electron chi connectivity index (χ3n) is 3.20. The molecule has 0 amide bonds. The molecule has 21 heavy (non-hydrogen) atoms. The van der Waals surface area contributed by atoms with Crippen molar-refractivity contribution in [3.05, 3.63) is 55.8 Å². The van der Waals surface area contributed by atoms with Gasteiger partial charge in [-0.2, -0.15) is 5.10 Å². The first-order valence-electron chi connectivity index (χ1n) is 6.06. The molecule has 0 fully saturated rings. The van der Waals surface area contributed by atoms with Gasteiger partial charge in [0.1, 0.15) is 5.69 Å². The predicted molar refractivity (Wildman–Crippen MR) is 74.9 cm³/mol. The summed E-state index contributed by atoms with van der Waals surface area (Å²) < 4.78 is 1.30. The Morgan fingerprint density at radius 2 is 1.95 bits per heavy atom. The molecule has 9 nitrogen and oxygen atoms in total. The maximum atomic E-state index is 10.9. The maximum Gasteiger partial charge on any atom is 0.333 e. The number of aryl methyl sites for hydroxylation is 1. The molecule has 2 N–H and O–H groups in total. The normalized spacial score (nSPS) is 12.1. The minimum atomic E-state index is -0.589.